The number of nitrogens with one attached hydrogen (secondary N) is 1. The first-order valence-electron chi connectivity index (χ1n) is 10.1. The number of aromatic nitrogens is 2. The number of anilines is 1. The van der Waals surface area contributed by atoms with E-state index in [1.165, 1.54) is 11.2 Å². The third-order valence-electron chi connectivity index (χ3n) is 5.44. The second-order valence-corrected chi connectivity index (χ2v) is 8.27. The number of benzene rings is 1. The Hall–Kier alpha value is -3.00. The molecule has 4 rings (SSSR count). The van der Waals surface area contributed by atoms with E-state index < -0.39 is 6.04 Å². The van der Waals surface area contributed by atoms with E-state index in [1.807, 2.05) is 32.0 Å². The average molecular weight is 425 g/mol. The molecule has 30 heavy (non-hydrogen) atoms. The molecule has 0 bridgehead atoms. The van der Waals surface area contributed by atoms with Gasteiger partial charge in [-0.1, -0.05) is 29.5 Å². The number of carbonyl (C=O) groups excluding carboxylic acids is 2. The molecule has 0 unspecified atom stereocenters. The highest BCUT2D eigenvalue weighted by Crippen LogP contribution is 2.33. The monoisotopic (exact) mass is 424 g/mol. The number of aryl methyl sites for hydroxylation is 2. The Morgan fingerprint density at radius 2 is 2.03 bits per heavy atom. The zero-order valence-corrected chi connectivity index (χ0v) is 17.8. The summed E-state index contributed by atoms with van der Waals surface area (Å²) in [6.45, 7) is 3.87. The van der Waals surface area contributed by atoms with Gasteiger partial charge in [-0.25, -0.2) is 0 Å². The van der Waals surface area contributed by atoms with Gasteiger partial charge in [-0.2, -0.15) is 0 Å². The average Bonchev–Trinajstić information content (AvgIpc) is 3.50. The fourth-order valence-electron chi connectivity index (χ4n) is 3.90. The summed E-state index contributed by atoms with van der Waals surface area (Å²) in [4.78, 5) is 28.5. The quantitative estimate of drug-likeness (QED) is 0.641. The summed E-state index contributed by atoms with van der Waals surface area (Å²) < 4.78 is 9.46. The van der Waals surface area contributed by atoms with Crippen LogP contribution in [0.2, 0.25) is 0 Å². The molecule has 1 fully saturated rings. The van der Waals surface area contributed by atoms with Crippen LogP contribution in [0.4, 0.5) is 5.69 Å². The summed E-state index contributed by atoms with van der Waals surface area (Å²) in [5.74, 6) is -0.238. The third kappa shape index (κ3) is 4.14. The molecular weight excluding hydrogens is 400 g/mol. The van der Waals surface area contributed by atoms with Crippen LogP contribution >= 0.6 is 11.5 Å². The molecule has 1 N–H and O–H groups in total. The topological polar surface area (TPSA) is 88.3 Å². The Morgan fingerprint density at radius 3 is 2.70 bits per heavy atom. The molecule has 2 heterocycles. The minimum absolute atomic E-state index is 0.117. The van der Waals surface area contributed by atoms with Crippen molar-refractivity contribution in [1.29, 1.82) is 0 Å². The molecule has 1 saturated carbocycles. The molecule has 1 atom stereocenters. The second-order valence-electron chi connectivity index (χ2n) is 7.66. The van der Waals surface area contributed by atoms with Crippen molar-refractivity contribution >= 4 is 29.0 Å². The van der Waals surface area contributed by atoms with Crippen molar-refractivity contribution in [2.75, 3.05) is 4.90 Å². The van der Waals surface area contributed by atoms with Gasteiger partial charge >= 0.3 is 0 Å². The summed E-state index contributed by atoms with van der Waals surface area (Å²) in [5.41, 5.74) is 2.71. The van der Waals surface area contributed by atoms with E-state index in [9.17, 15) is 9.59 Å². The minimum atomic E-state index is -0.949. The fourth-order valence-corrected chi connectivity index (χ4v) is 4.33. The van der Waals surface area contributed by atoms with Crippen LogP contribution in [0.5, 0.6) is 0 Å². The first-order chi connectivity index (χ1) is 14.5. The zero-order valence-electron chi connectivity index (χ0n) is 17.0. The van der Waals surface area contributed by atoms with Crippen LogP contribution in [0.1, 0.15) is 59.1 Å². The number of carbonyl (C=O) groups is 2. The SMILES string of the molecule is Cc1ccc(C)c(N(C(=O)c2csnn2)[C@H](C(=O)NC2CCCC2)c2ccco2)c1. The van der Waals surface area contributed by atoms with Crippen molar-refractivity contribution in [1.82, 2.24) is 14.9 Å². The predicted octanol–water partition coefficient (Wildman–Crippen LogP) is 4.19. The number of hydrogen-bond donors (Lipinski definition) is 1. The van der Waals surface area contributed by atoms with Crippen molar-refractivity contribution in [3.05, 3.63) is 64.6 Å². The number of rotatable bonds is 6. The van der Waals surface area contributed by atoms with Gasteiger partial charge in [0.25, 0.3) is 11.8 Å². The molecule has 0 saturated heterocycles. The number of hydrogen-bond acceptors (Lipinski definition) is 6. The normalized spacial score (nSPS) is 15.1. The van der Waals surface area contributed by atoms with E-state index in [-0.39, 0.29) is 23.6 Å². The van der Waals surface area contributed by atoms with Gasteiger partial charge in [0, 0.05) is 17.1 Å². The lowest BCUT2D eigenvalue weighted by atomic mass is 10.0. The fraction of sp³-hybridized carbons (Fsp3) is 0.364. The maximum absolute atomic E-state index is 13.6. The molecule has 1 aliphatic rings. The van der Waals surface area contributed by atoms with Crippen molar-refractivity contribution in [3.63, 3.8) is 0 Å². The van der Waals surface area contributed by atoms with E-state index in [0.717, 1.165) is 48.3 Å². The Balaban J connectivity index is 1.81. The van der Waals surface area contributed by atoms with Crippen molar-refractivity contribution in [2.24, 2.45) is 0 Å². The molecule has 1 aromatic carbocycles. The number of amides is 2. The molecular formula is C22H24N4O3S. The Kier molecular flexibility index (Phi) is 5.94. The molecule has 156 valence electrons. The van der Waals surface area contributed by atoms with Crippen molar-refractivity contribution in [2.45, 2.75) is 51.6 Å². The van der Waals surface area contributed by atoms with Crippen LogP contribution in [0.25, 0.3) is 0 Å². The summed E-state index contributed by atoms with van der Waals surface area (Å²) >= 11 is 1.10. The molecule has 0 aliphatic heterocycles. The smallest absolute Gasteiger partial charge is 0.280 e. The van der Waals surface area contributed by atoms with E-state index >= 15 is 0 Å². The third-order valence-corrected chi connectivity index (χ3v) is 5.95. The summed E-state index contributed by atoms with van der Waals surface area (Å²) in [5, 5.41) is 8.67. The van der Waals surface area contributed by atoms with Gasteiger partial charge in [0.05, 0.1) is 6.26 Å². The lowest BCUT2D eigenvalue weighted by molar-refractivity contribution is -0.123. The zero-order chi connectivity index (χ0) is 21.1. The number of nitrogens with zero attached hydrogens (tertiary/aromatic N) is 3. The highest BCUT2D eigenvalue weighted by molar-refractivity contribution is 7.03. The first kappa shape index (κ1) is 20.3. The summed E-state index contributed by atoms with van der Waals surface area (Å²) in [6.07, 6.45) is 5.61. The van der Waals surface area contributed by atoms with Gasteiger partial charge in [-0.05, 0) is 67.5 Å². The van der Waals surface area contributed by atoms with Crippen LogP contribution < -0.4 is 10.2 Å². The van der Waals surface area contributed by atoms with Gasteiger partial charge < -0.3 is 9.73 Å². The van der Waals surface area contributed by atoms with Crippen LogP contribution in [0, 0.1) is 13.8 Å². The molecule has 2 aromatic heterocycles. The van der Waals surface area contributed by atoms with Crippen LogP contribution in [-0.2, 0) is 4.79 Å². The standard InChI is InChI=1S/C22H24N4O3S/c1-14-9-10-15(2)18(12-14)26(22(28)17-13-30-25-24-17)20(19-8-5-11-29-19)21(27)23-16-6-3-4-7-16/h5,8-13,16,20H,3-4,6-7H2,1-2H3,(H,23,27)/t20-/m0/s1. The van der Waals surface area contributed by atoms with Gasteiger partial charge in [-0.3, -0.25) is 14.5 Å². The van der Waals surface area contributed by atoms with Gasteiger partial charge in [0.15, 0.2) is 11.7 Å². The second kappa shape index (κ2) is 8.79. The Morgan fingerprint density at radius 1 is 1.23 bits per heavy atom. The highest BCUT2D eigenvalue weighted by Gasteiger charge is 2.38. The van der Waals surface area contributed by atoms with E-state index in [2.05, 4.69) is 14.9 Å². The summed E-state index contributed by atoms with van der Waals surface area (Å²) in [7, 11) is 0. The first-order valence-corrected chi connectivity index (χ1v) is 10.9. The Bertz CT molecular complexity index is 1010. The molecule has 8 heteroatoms. The van der Waals surface area contributed by atoms with E-state index in [0.29, 0.717) is 11.4 Å². The van der Waals surface area contributed by atoms with Gasteiger partial charge in [0.1, 0.15) is 5.76 Å². The number of furan rings is 1. The predicted molar refractivity (Wildman–Crippen MR) is 114 cm³/mol. The minimum Gasteiger partial charge on any atom is -0.467 e. The van der Waals surface area contributed by atoms with E-state index in [4.69, 9.17) is 4.42 Å². The molecule has 0 spiro atoms. The Labute approximate surface area is 179 Å². The van der Waals surface area contributed by atoms with Crippen molar-refractivity contribution < 1.29 is 14.0 Å². The maximum atomic E-state index is 13.6. The van der Waals surface area contributed by atoms with Gasteiger partial charge in [0.2, 0.25) is 0 Å². The van der Waals surface area contributed by atoms with Gasteiger partial charge in [-0.15, -0.1) is 5.10 Å². The molecule has 1 aliphatic carbocycles. The van der Waals surface area contributed by atoms with Crippen molar-refractivity contribution in [3.8, 4) is 0 Å². The maximum Gasteiger partial charge on any atom is 0.280 e. The molecule has 7 nitrogen and oxygen atoms in total. The van der Waals surface area contributed by atoms with Crippen LogP contribution in [0.15, 0.2) is 46.4 Å². The molecule has 3 aromatic rings. The van der Waals surface area contributed by atoms with E-state index in [1.54, 1.807) is 17.5 Å². The highest BCUT2D eigenvalue weighted by atomic mass is 32.1. The molecule has 2 amide bonds. The molecule has 0 radical (unpaired) electrons. The lowest BCUT2D eigenvalue weighted by Gasteiger charge is -2.31. The van der Waals surface area contributed by atoms with Crippen LogP contribution in [0.3, 0.4) is 0 Å². The van der Waals surface area contributed by atoms with Crippen LogP contribution in [-0.4, -0.2) is 27.4 Å². The largest absolute Gasteiger partial charge is 0.467 e. The summed E-state index contributed by atoms with van der Waals surface area (Å²) in [6, 6.07) is 8.45. The lowest BCUT2D eigenvalue weighted by Crippen LogP contribution is -2.46.